The Morgan fingerprint density at radius 2 is 2.06 bits per heavy atom. The number of unbranched alkanes of at least 4 members (excludes halogenated alkanes) is 1. The Morgan fingerprint density at radius 3 is 2.62 bits per heavy atom. The van der Waals surface area contributed by atoms with Gasteiger partial charge in [0.1, 0.15) is 6.04 Å². The van der Waals surface area contributed by atoms with Gasteiger partial charge in [0.05, 0.1) is 6.61 Å². The summed E-state index contributed by atoms with van der Waals surface area (Å²) in [6.45, 7) is 5.97. The van der Waals surface area contributed by atoms with E-state index in [1.807, 2.05) is 6.92 Å². The molecular weight excluding hydrogens is 206 g/mol. The first-order chi connectivity index (χ1) is 7.76. The summed E-state index contributed by atoms with van der Waals surface area (Å²) in [5.74, 6) is -0.129. The Hall–Kier alpha value is -0.610. The van der Waals surface area contributed by atoms with Gasteiger partial charge in [-0.25, -0.2) is 0 Å². The summed E-state index contributed by atoms with van der Waals surface area (Å²) < 4.78 is 9.97. The lowest BCUT2D eigenvalue weighted by Crippen LogP contribution is -2.38. The summed E-state index contributed by atoms with van der Waals surface area (Å²) in [4.78, 5) is 11.5. The molecule has 0 heterocycles. The molecule has 0 aromatic rings. The predicted molar refractivity (Wildman–Crippen MR) is 64.4 cm³/mol. The minimum Gasteiger partial charge on any atom is -0.465 e. The molecule has 0 aliphatic carbocycles. The molecule has 0 aliphatic rings. The average Bonchev–Trinajstić information content (AvgIpc) is 2.27. The molecule has 0 aromatic heterocycles. The van der Waals surface area contributed by atoms with E-state index in [1.165, 1.54) is 0 Å². The number of hydrogen-bond donors (Lipinski definition) is 1. The van der Waals surface area contributed by atoms with Crippen LogP contribution < -0.4 is 5.32 Å². The van der Waals surface area contributed by atoms with Crippen molar-refractivity contribution in [3.8, 4) is 0 Å². The van der Waals surface area contributed by atoms with Crippen molar-refractivity contribution in [2.24, 2.45) is 0 Å². The third-order valence-electron chi connectivity index (χ3n) is 2.31. The van der Waals surface area contributed by atoms with Gasteiger partial charge in [0, 0.05) is 13.7 Å². The Balaban J connectivity index is 3.71. The molecule has 0 saturated carbocycles. The molecule has 16 heavy (non-hydrogen) atoms. The number of rotatable bonds is 10. The zero-order valence-electron chi connectivity index (χ0n) is 10.8. The summed E-state index contributed by atoms with van der Waals surface area (Å²) in [6.07, 6.45) is 3.86. The first-order valence-corrected chi connectivity index (χ1v) is 6.15. The molecule has 1 unspecified atom stereocenters. The van der Waals surface area contributed by atoms with Crippen LogP contribution in [0.1, 0.15) is 39.5 Å². The minimum atomic E-state index is -0.146. The van der Waals surface area contributed by atoms with Crippen LogP contribution in [0.15, 0.2) is 0 Å². The number of esters is 1. The number of nitrogens with one attached hydrogen (secondary N) is 1. The van der Waals surface area contributed by atoms with Crippen molar-refractivity contribution in [1.29, 1.82) is 0 Å². The monoisotopic (exact) mass is 231 g/mol. The molecule has 0 radical (unpaired) electrons. The smallest absolute Gasteiger partial charge is 0.323 e. The SMILES string of the molecule is CCCC(NCCCCOC)C(=O)OCC. The van der Waals surface area contributed by atoms with Gasteiger partial charge in [-0.05, 0) is 32.7 Å². The van der Waals surface area contributed by atoms with Gasteiger partial charge in [0.25, 0.3) is 0 Å². The average molecular weight is 231 g/mol. The third-order valence-corrected chi connectivity index (χ3v) is 2.31. The van der Waals surface area contributed by atoms with E-state index in [4.69, 9.17) is 9.47 Å². The molecule has 4 heteroatoms. The lowest BCUT2D eigenvalue weighted by molar-refractivity contribution is -0.145. The van der Waals surface area contributed by atoms with E-state index in [0.717, 1.165) is 38.8 Å². The van der Waals surface area contributed by atoms with Gasteiger partial charge < -0.3 is 14.8 Å². The fourth-order valence-corrected chi connectivity index (χ4v) is 1.48. The molecule has 0 saturated heterocycles. The van der Waals surface area contributed by atoms with Crippen LogP contribution in [0.5, 0.6) is 0 Å². The summed E-state index contributed by atoms with van der Waals surface area (Å²) in [5.41, 5.74) is 0. The Morgan fingerprint density at radius 1 is 1.31 bits per heavy atom. The van der Waals surface area contributed by atoms with Crippen LogP contribution in [-0.2, 0) is 14.3 Å². The second-order valence-corrected chi connectivity index (χ2v) is 3.75. The maximum absolute atomic E-state index is 11.5. The molecule has 0 spiro atoms. The molecule has 0 aromatic carbocycles. The number of ether oxygens (including phenoxy) is 2. The first kappa shape index (κ1) is 15.4. The van der Waals surface area contributed by atoms with Gasteiger partial charge in [-0.1, -0.05) is 13.3 Å². The van der Waals surface area contributed by atoms with Crippen LogP contribution in [0.3, 0.4) is 0 Å². The van der Waals surface area contributed by atoms with Crippen molar-refractivity contribution in [3.05, 3.63) is 0 Å². The quantitative estimate of drug-likeness (QED) is 0.459. The topological polar surface area (TPSA) is 47.6 Å². The summed E-state index contributed by atoms with van der Waals surface area (Å²) >= 11 is 0. The lowest BCUT2D eigenvalue weighted by atomic mass is 10.1. The largest absolute Gasteiger partial charge is 0.465 e. The number of methoxy groups -OCH3 is 1. The fraction of sp³-hybridized carbons (Fsp3) is 0.917. The normalized spacial score (nSPS) is 12.4. The van der Waals surface area contributed by atoms with Crippen molar-refractivity contribution in [2.75, 3.05) is 26.9 Å². The van der Waals surface area contributed by atoms with E-state index in [-0.39, 0.29) is 12.0 Å². The molecule has 0 fully saturated rings. The second kappa shape index (κ2) is 10.9. The van der Waals surface area contributed by atoms with Crippen LogP contribution in [0.4, 0.5) is 0 Å². The van der Waals surface area contributed by atoms with Crippen molar-refractivity contribution < 1.29 is 14.3 Å². The third kappa shape index (κ3) is 7.65. The summed E-state index contributed by atoms with van der Waals surface area (Å²) in [6, 6.07) is -0.146. The maximum atomic E-state index is 11.5. The highest BCUT2D eigenvalue weighted by atomic mass is 16.5. The van der Waals surface area contributed by atoms with Crippen molar-refractivity contribution in [3.63, 3.8) is 0 Å². The Kier molecular flexibility index (Phi) is 10.5. The van der Waals surface area contributed by atoms with Crippen LogP contribution in [0.25, 0.3) is 0 Å². The molecule has 0 rings (SSSR count). The molecule has 4 nitrogen and oxygen atoms in total. The maximum Gasteiger partial charge on any atom is 0.323 e. The van der Waals surface area contributed by atoms with Crippen LogP contribution in [0, 0.1) is 0 Å². The summed E-state index contributed by atoms with van der Waals surface area (Å²) in [5, 5.41) is 3.23. The van der Waals surface area contributed by atoms with E-state index in [0.29, 0.717) is 6.61 Å². The standard InChI is InChI=1S/C12H25NO3/c1-4-8-11(12(14)16-5-2)13-9-6-7-10-15-3/h11,13H,4-10H2,1-3H3. The van der Waals surface area contributed by atoms with Crippen molar-refractivity contribution in [2.45, 2.75) is 45.6 Å². The predicted octanol–water partition coefficient (Wildman–Crippen LogP) is 1.73. The van der Waals surface area contributed by atoms with Crippen LogP contribution >= 0.6 is 0 Å². The number of carbonyl (C=O) groups excluding carboxylic acids is 1. The molecule has 96 valence electrons. The molecule has 1 N–H and O–H groups in total. The lowest BCUT2D eigenvalue weighted by Gasteiger charge is -2.16. The highest BCUT2D eigenvalue weighted by Gasteiger charge is 2.17. The first-order valence-electron chi connectivity index (χ1n) is 6.15. The van der Waals surface area contributed by atoms with Gasteiger partial charge >= 0.3 is 5.97 Å². The van der Waals surface area contributed by atoms with E-state index in [9.17, 15) is 4.79 Å². The second-order valence-electron chi connectivity index (χ2n) is 3.75. The van der Waals surface area contributed by atoms with Crippen molar-refractivity contribution in [1.82, 2.24) is 5.32 Å². The highest BCUT2D eigenvalue weighted by Crippen LogP contribution is 2.00. The van der Waals surface area contributed by atoms with Gasteiger partial charge in [-0.3, -0.25) is 4.79 Å². The highest BCUT2D eigenvalue weighted by molar-refractivity contribution is 5.75. The Labute approximate surface area is 98.7 Å². The zero-order valence-corrected chi connectivity index (χ0v) is 10.8. The van der Waals surface area contributed by atoms with Crippen LogP contribution in [0.2, 0.25) is 0 Å². The fourth-order valence-electron chi connectivity index (χ4n) is 1.48. The van der Waals surface area contributed by atoms with E-state index >= 15 is 0 Å². The molecule has 0 bridgehead atoms. The van der Waals surface area contributed by atoms with Crippen molar-refractivity contribution >= 4 is 5.97 Å². The van der Waals surface area contributed by atoms with E-state index in [2.05, 4.69) is 12.2 Å². The molecule has 0 aliphatic heterocycles. The number of hydrogen-bond acceptors (Lipinski definition) is 4. The Bertz CT molecular complexity index is 174. The van der Waals surface area contributed by atoms with Gasteiger partial charge in [0.2, 0.25) is 0 Å². The number of carbonyl (C=O) groups is 1. The van der Waals surface area contributed by atoms with E-state index in [1.54, 1.807) is 7.11 Å². The van der Waals surface area contributed by atoms with Gasteiger partial charge in [-0.2, -0.15) is 0 Å². The summed E-state index contributed by atoms with van der Waals surface area (Å²) in [7, 11) is 1.70. The molecular formula is C12H25NO3. The zero-order chi connectivity index (χ0) is 12.2. The van der Waals surface area contributed by atoms with E-state index < -0.39 is 0 Å². The minimum absolute atomic E-state index is 0.129. The molecule has 1 atom stereocenters. The molecule has 0 amide bonds. The van der Waals surface area contributed by atoms with Crippen LogP contribution in [-0.4, -0.2) is 38.9 Å². The van der Waals surface area contributed by atoms with Gasteiger partial charge in [0.15, 0.2) is 0 Å². The van der Waals surface area contributed by atoms with Gasteiger partial charge in [-0.15, -0.1) is 0 Å².